The van der Waals surface area contributed by atoms with E-state index < -0.39 is 6.04 Å². The van der Waals surface area contributed by atoms with Crippen molar-refractivity contribution in [3.63, 3.8) is 0 Å². The number of aromatic nitrogens is 1. The maximum absolute atomic E-state index is 13.7. The second-order valence-electron chi connectivity index (χ2n) is 9.88. The van der Waals surface area contributed by atoms with Crippen molar-refractivity contribution in [3.8, 4) is 11.1 Å². The number of hydrogen-bond acceptors (Lipinski definition) is 5. The zero-order chi connectivity index (χ0) is 26.1. The molecule has 2 aliphatic rings. The van der Waals surface area contributed by atoms with Crippen molar-refractivity contribution < 1.29 is 19.5 Å². The summed E-state index contributed by atoms with van der Waals surface area (Å²) in [5.41, 5.74) is 4.12. The molecule has 0 bridgehead atoms. The lowest BCUT2D eigenvalue weighted by molar-refractivity contribution is -0.122. The van der Waals surface area contributed by atoms with Gasteiger partial charge in [-0.3, -0.25) is 19.4 Å². The molecule has 1 aliphatic carbocycles. The van der Waals surface area contributed by atoms with E-state index in [2.05, 4.69) is 10.3 Å². The van der Waals surface area contributed by atoms with Crippen molar-refractivity contribution >= 4 is 23.4 Å². The highest BCUT2D eigenvalue weighted by Gasteiger charge is 2.36. The van der Waals surface area contributed by atoms with Crippen LogP contribution in [0.2, 0.25) is 0 Å². The van der Waals surface area contributed by atoms with Crippen molar-refractivity contribution in [2.24, 2.45) is 5.92 Å². The van der Waals surface area contributed by atoms with Crippen molar-refractivity contribution in [3.05, 3.63) is 83.7 Å². The zero-order valence-corrected chi connectivity index (χ0v) is 20.9. The highest BCUT2D eigenvalue weighted by atomic mass is 16.3. The minimum absolute atomic E-state index is 0.185. The minimum Gasteiger partial charge on any atom is -0.393 e. The second kappa shape index (κ2) is 10.1. The average Bonchev–Trinajstić information content (AvgIpc) is 2.97. The fraction of sp³-hybridized carbons (Fsp3) is 0.310. The summed E-state index contributed by atoms with van der Waals surface area (Å²) in [5, 5.41) is 12.4. The molecule has 1 aliphatic heterocycles. The first-order valence-corrected chi connectivity index (χ1v) is 12.5. The number of pyridine rings is 1. The SMILES string of the molecule is C[C@@H]1C(=O)N(C)c2cc(-c3ccncc3)ccc2C(=O)N1Cc1cccc(C(=O)NCC2CC(O)C2)c1. The third-order valence-electron chi connectivity index (χ3n) is 7.32. The number of anilines is 1. The van der Waals surface area contributed by atoms with E-state index >= 15 is 0 Å². The number of nitrogens with one attached hydrogen (secondary N) is 1. The second-order valence-corrected chi connectivity index (χ2v) is 9.88. The smallest absolute Gasteiger partial charge is 0.256 e. The molecule has 3 aromatic rings. The van der Waals surface area contributed by atoms with Crippen LogP contribution in [-0.4, -0.2) is 58.5 Å². The first-order chi connectivity index (χ1) is 17.8. The van der Waals surface area contributed by atoms with Gasteiger partial charge in [0.05, 0.1) is 17.4 Å². The Balaban J connectivity index is 1.38. The molecule has 0 unspecified atom stereocenters. The van der Waals surface area contributed by atoms with Gasteiger partial charge in [-0.05, 0) is 78.8 Å². The topological polar surface area (TPSA) is 103 Å². The molecule has 2 heterocycles. The highest BCUT2D eigenvalue weighted by molar-refractivity contribution is 6.11. The van der Waals surface area contributed by atoms with Crippen LogP contribution in [0.4, 0.5) is 5.69 Å². The third-order valence-corrected chi connectivity index (χ3v) is 7.32. The Morgan fingerprint density at radius 2 is 1.81 bits per heavy atom. The number of hydrogen-bond donors (Lipinski definition) is 2. The predicted octanol–water partition coefficient (Wildman–Crippen LogP) is 3.26. The summed E-state index contributed by atoms with van der Waals surface area (Å²) in [6.07, 6.45) is 4.58. The molecule has 1 saturated carbocycles. The number of likely N-dealkylation sites (N-methyl/N-ethyl adjacent to an activating group) is 1. The van der Waals surface area contributed by atoms with Crippen LogP contribution in [0.3, 0.4) is 0 Å². The van der Waals surface area contributed by atoms with Gasteiger partial charge >= 0.3 is 0 Å². The molecule has 1 aromatic heterocycles. The number of carbonyl (C=O) groups is 3. The average molecular weight is 499 g/mol. The van der Waals surface area contributed by atoms with Crippen LogP contribution in [0.5, 0.6) is 0 Å². The van der Waals surface area contributed by atoms with Crippen LogP contribution < -0.4 is 10.2 Å². The minimum atomic E-state index is -0.684. The first kappa shape index (κ1) is 24.6. The standard InChI is InChI=1S/C29H30N4O4/c1-18-28(36)32(2)26-15-22(21-8-10-30-11-9-21)6-7-25(26)29(37)33(18)17-19-4-3-5-23(12-19)27(35)31-16-20-13-24(34)14-20/h3-12,15,18,20,24,34H,13-14,16-17H2,1-2H3,(H,31,35)/t18-,20?,24?/m1/s1. The molecule has 1 fully saturated rings. The molecule has 8 nitrogen and oxygen atoms in total. The van der Waals surface area contributed by atoms with E-state index in [0.29, 0.717) is 42.1 Å². The van der Waals surface area contributed by atoms with Crippen molar-refractivity contribution in [2.75, 3.05) is 18.5 Å². The summed E-state index contributed by atoms with van der Waals surface area (Å²) in [6.45, 7) is 2.46. The van der Waals surface area contributed by atoms with Crippen LogP contribution in [0.15, 0.2) is 67.0 Å². The van der Waals surface area contributed by atoms with E-state index in [1.807, 2.05) is 30.3 Å². The van der Waals surface area contributed by atoms with Crippen LogP contribution >= 0.6 is 0 Å². The van der Waals surface area contributed by atoms with E-state index in [-0.39, 0.29) is 30.4 Å². The Morgan fingerprint density at radius 3 is 2.54 bits per heavy atom. The predicted molar refractivity (Wildman–Crippen MR) is 140 cm³/mol. The van der Waals surface area contributed by atoms with Crippen LogP contribution in [0.25, 0.3) is 11.1 Å². The number of fused-ring (bicyclic) bond motifs is 1. The van der Waals surface area contributed by atoms with Gasteiger partial charge in [-0.15, -0.1) is 0 Å². The molecule has 0 saturated heterocycles. The molecule has 0 spiro atoms. The molecule has 2 N–H and O–H groups in total. The Morgan fingerprint density at radius 1 is 1.05 bits per heavy atom. The summed E-state index contributed by atoms with van der Waals surface area (Å²) in [5.74, 6) is -0.307. The number of carbonyl (C=O) groups excluding carboxylic acids is 3. The molecule has 8 heteroatoms. The quantitative estimate of drug-likeness (QED) is 0.543. The molecular formula is C29H30N4O4. The monoisotopic (exact) mass is 498 g/mol. The Kier molecular flexibility index (Phi) is 6.76. The maximum Gasteiger partial charge on any atom is 0.256 e. The van der Waals surface area contributed by atoms with Crippen LogP contribution in [0.1, 0.15) is 46.0 Å². The lowest BCUT2D eigenvalue weighted by atomic mass is 9.82. The summed E-state index contributed by atoms with van der Waals surface area (Å²) in [6, 6.07) is 15.7. The van der Waals surface area contributed by atoms with Crippen molar-refractivity contribution in [2.45, 2.75) is 38.5 Å². The fourth-order valence-electron chi connectivity index (χ4n) is 5.00. The normalized spacial score (nSPS) is 21.2. The van der Waals surface area contributed by atoms with Gasteiger partial charge in [0.25, 0.3) is 11.8 Å². The van der Waals surface area contributed by atoms with Crippen LogP contribution in [0, 0.1) is 5.92 Å². The van der Waals surface area contributed by atoms with Crippen molar-refractivity contribution in [1.82, 2.24) is 15.2 Å². The van der Waals surface area contributed by atoms with Gasteiger partial charge in [-0.25, -0.2) is 0 Å². The first-order valence-electron chi connectivity index (χ1n) is 12.5. The summed E-state index contributed by atoms with van der Waals surface area (Å²) >= 11 is 0. The van der Waals surface area contributed by atoms with Gasteiger partial charge < -0.3 is 20.2 Å². The Bertz CT molecular complexity index is 1340. The van der Waals surface area contributed by atoms with Crippen molar-refractivity contribution in [1.29, 1.82) is 0 Å². The molecule has 2 aromatic carbocycles. The number of nitrogens with zero attached hydrogens (tertiary/aromatic N) is 3. The lowest BCUT2D eigenvalue weighted by Gasteiger charge is -2.31. The van der Waals surface area contributed by atoms with Gasteiger partial charge in [0.1, 0.15) is 6.04 Å². The molecule has 3 amide bonds. The van der Waals surface area contributed by atoms with Crippen LogP contribution in [-0.2, 0) is 11.3 Å². The van der Waals surface area contributed by atoms with Gasteiger partial charge in [-0.2, -0.15) is 0 Å². The molecular weight excluding hydrogens is 468 g/mol. The molecule has 0 radical (unpaired) electrons. The van der Waals surface area contributed by atoms with Gasteiger partial charge in [0, 0.05) is 38.1 Å². The maximum atomic E-state index is 13.7. The number of rotatable bonds is 6. The molecule has 5 rings (SSSR count). The lowest BCUT2D eigenvalue weighted by Crippen LogP contribution is -2.45. The number of aliphatic hydroxyl groups excluding tert-OH is 1. The summed E-state index contributed by atoms with van der Waals surface area (Å²) in [4.78, 5) is 46.9. The largest absolute Gasteiger partial charge is 0.393 e. The highest BCUT2D eigenvalue weighted by Crippen LogP contribution is 2.32. The number of aliphatic hydroxyl groups is 1. The molecule has 1 atom stereocenters. The number of amides is 3. The van der Waals surface area contributed by atoms with E-state index in [4.69, 9.17) is 0 Å². The van der Waals surface area contributed by atoms with Gasteiger partial charge in [0.15, 0.2) is 0 Å². The fourth-order valence-corrected chi connectivity index (χ4v) is 5.00. The van der Waals surface area contributed by atoms with E-state index in [1.54, 1.807) is 60.4 Å². The van der Waals surface area contributed by atoms with E-state index in [1.165, 1.54) is 0 Å². The van der Waals surface area contributed by atoms with E-state index in [9.17, 15) is 19.5 Å². The number of benzene rings is 2. The molecule has 37 heavy (non-hydrogen) atoms. The Hall–Kier alpha value is -4.04. The third kappa shape index (κ3) is 4.97. The van der Waals surface area contributed by atoms with E-state index in [0.717, 1.165) is 16.7 Å². The summed E-state index contributed by atoms with van der Waals surface area (Å²) < 4.78 is 0. The summed E-state index contributed by atoms with van der Waals surface area (Å²) in [7, 11) is 1.69. The zero-order valence-electron chi connectivity index (χ0n) is 20.9. The Labute approximate surface area is 215 Å². The van der Waals surface area contributed by atoms with Gasteiger partial charge in [0.2, 0.25) is 5.91 Å². The van der Waals surface area contributed by atoms with Gasteiger partial charge in [-0.1, -0.05) is 18.2 Å². The molecule has 190 valence electrons.